The zero-order valence-electron chi connectivity index (χ0n) is 27.1. The molecule has 2 unspecified atom stereocenters. The smallest absolute Gasteiger partial charge is 0.407 e. The van der Waals surface area contributed by atoms with E-state index in [0.29, 0.717) is 38.4 Å². The maximum atomic E-state index is 14.9. The van der Waals surface area contributed by atoms with E-state index in [9.17, 15) is 27.2 Å². The summed E-state index contributed by atoms with van der Waals surface area (Å²) in [7, 11) is 0. The third-order valence-electron chi connectivity index (χ3n) is 8.65. The Morgan fingerprint density at radius 2 is 1.62 bits per heavy atom. The van der Waals surface area contributed by atoms with Gasteiger partial charge in [0.1, 0.15) is 17.2 Å². The zero-order valence-corrected chi connectivity index (χ0v) is 27.1. The van der Waals surface area contributed by atoms with E-state index in [0.717, 1.165) is 31.0 Å². The molecular weight excluding hydrogens is 636 g/mol. The average Bonchev–Trinajstić information content (AvgIpc) is 3.55. The Morgan fingerprint density at radius 1 is 0.958 bits per heavy atom. The Balaban J connectivity index is 1.14. The minimum atomic E-state index is -3.23. The second-order valence-corrected chi connectivity index (χ2v) is 13.7. The van der Waals surface area contributed by atoms with Crippen molar-refractivity contribution in [1.82, 2.24) is 30.3 Å². The number of rotatable bonds is 8. The van der Waals surface area contributed by atoms with Gasteiger partial charge in [-0.25, -0.2) is 23.5 Å². The van der Waals surface area contributed by atoms with E-state index in [1.807, 2.05) is 4.90 Å². The van der Waals surface area contributed by atoms with E-state index in [1.165, 1.54) is 12.4 Å². The Bertz CT molecular complexity index is 1630. The topological polar surface area (TPSA) is 130 Å². The van der Waals surface area contributed by atoms with Gasteiger partial charge in [0.05, 0.1) is 11.6 Å². The van der Waals surface area contributed by atoms with Gasteiger partial charge in [-0.15, -0.1) is 0 Å². The van der Waals surface area contributed by atoms with Gasteiger partial charge in [0.15, 0.2) is 0 Å². The lowest BCUT2D eigenvalue weighted by molar-refractivity contribution is -0.0158. The zero-order chi connectivity index (χ0) is 34.4. The predicted molar refractivity (Wildman–Crippen MR) is 165 cm³/mol. The Morgan fingerprint density at radius 3 is 2.23 bits per heavy atom. The van der Waals surface area contributed by atoms with Gasteiger partial charge >= 0.3 is 12.0 Å². The number of nitrogens with one attached hydrogen (secondary N) is 1. The van der Waals surface area contributed by atoms with Crippen molar-refractivity contribution >= 4 is 23.9 Å². The molecule has 0 radical (unpaired) electrons. The van der Waals surface area contributed by atoms with Crippen LogP contribution >= 0.6 is 0 Å². The summed E-state index contributed by atoms with van der Waals surface area (Å²) in [5, 5.41) is 6.50. The number of benzene rings is 1. The molecule has 12 nitrogen and oxygen atoms in total. The third-order valence-corrected chi connectivity index (χ3v) is 8.65. The number of piperidine rings is 1. The maximum Gasteiger partial charge on any atom is 0.407 e. The van der Waals surface area contributed by atoms with Crippen LogP contribution in [0.15, 0.2) is 35.1 Å². The number of hydrogen-bond acceptors (Lipinski definition) is 10. The number of carbonyl (C=O) groups is 2. The number of halogens is 4. The van der Waals surface area contributed by atoms with Gasteiger partial charge in [0.25, 0.3) is 17.7 Å². The van der Waals surface area contributed by atoms with Crippen molar-refractivity contribution in [2.45, 2.75) is 88.9 Å². The first kappa shape index (κ1) is 33.4. The van der Waals surface area contributed by atoms with Crippen LogP contribution in [-0.4, -0.2) is 86.9 Å². The minimum Gasteiger partial charge on any atom is -0.444 e. The molecule has 2 atom stereocenters. The lowest BCUT2D eigenvalue weighted by Crippen LogP contribution is -2.48. The highest BCUT2D eigenvalue weighted by Crippen LogP contribution is 2.35. The molecule has 2 aromatic heterocycles. The summed E-state index contributed by atoms with van der Waals surface area (Å²) in [4.78, 5) is 44.6. The first-order valence-electron chi connectivity index (χ1n) is 16.0. The summed E-state index contributed by atoms with van der Waals surface area (Å²) < 4.78 is 66.3. The standard InChI is InChI=1S/C32H38F4N8O4/c1-31(2,3)47-30(46)39-25-17-43(16-23(25)22-13-19(33)5-8-24(22)34)28-37-14-18(15-38-28)26(45)44(20-6-7-20)21-9-11-42(12-10-21)29-40-27(48-41-29)32(4,35)36/h5,8,13-15,20-21,23,25H,6-7,9-12,16-17H2,1-4H3,(H,39,46). The first-order chi connectivity index (χ1) is 22.7. The summed E-state index contributed by atoms with van der Waals surface area (Å²) in [6, 6.07) is 2.57. The second kappa shape index (κ2) is 12.8. The molecule has 3 aromatic rings. The van der Waals surface area contributed by atoms with Crippen molar-refractivity contribution in [2.75, 3.05) is 36.0 Å². The molecule has 2 amide bonds. The van der Waals surface area contributed by atoms with Crippen LogP contribution in [0.25, 0.3) is 0 Å². The van der Waals surface area contributed by atoms with Crippen LogP contribution in [0.3, 0.4) is 0 Å². The minimum absolute atomic E-state index is 0.0832. The van der Waals surface area contributed by atoms with Crippen LogP contribution in [0.1, 0.15) is 81.1 Å². The maximum absolute atomic E-state index is 14.9. The van der Waals surface area contributed by atoms with Gasteiger partial charge in [-0.3, -0.25) is 4.79 Å². The fraction of sp³-hybridized carbons (Fsp3) is 0.562. The summed E-state index contributed by atoms with van der Waals surface area (Å²) >= 11 is 0. The predicted octanol–water partition coefficient (Wildman–Crippen LogP) is 5.02. The van der Waals surface area contributed by atoms with Crippen molar-refractivity contribution in [3.8, 4) is 0 Å². The lowest BCUT2D eigenvalue weighted by Gasteiger charge is -2.38. The largest absolute Gasteiger partial charge is 0.444 e. The third kappa shape index (κ3) is 7.46. The normalized spacial score (nSPS) is 20.6. The van der Waals surface area contributed by atoms with Gasteiger partial charge in [-0.05, 0) is 75.4 Å². The van der Waals surface area contributed by atoms with Crippen molar-refractivity contribution in [3.05, 3.63) is 59.2 Å². The number of alkyl carbamates (subject to hydrolysis) is 1. The number of ether oxygens (including phenoxy) is 1. The van der Waals surface area contributed by atoms with Crippen LogP contribution in [0.2, 0.25) is 0 Å². The van der Waals surface area contributed by atoms with Gasteiger partial charge < -0.3 is 29.3 Å². The van der Waals surface area contributed by atoms with E-state index >= 15 is 0 Å². The quantitative estimate of drug-likeness (QED) is 0.325. The Kier molecular flexibility index (Phi) is 8.94. The van der Waals surface area contributed by atoms with E-state index in [-0.39, 0.29) is 48.5 Å². The molecule has 4 heterocycles. The summed E-state index contributed by atoms with van der Waals surface area (Å²) in [6.07, 6.45) is 5.15. The first-order valence-corrected chi connectivity index (χ1v) is 16.0. The number of anilines is 2. The van der Waals surface area contributed by atoms with Crippen molar-refractivity contribution in [1.29, 1.82) is 0 Å². The molecule has 1 aliphatic carbocycles. The van der Waals surface area contributed by atoms with Gasteiger partial charge in [0, 0.05) is 63.5 Å². The molecule has 2 aliphatic heterocycles. The number of alkyl halides is 2. The van der Waals surface area contributed by atoms with E-state index in [1.54, 1.807) is 30.6 Å². The van der Waals surface area contributed by atoms with E-state index < -0.39 is 47.1 Å². The average molecular weight is 675 g/mol. The van der Waals surface area contributed by atoms with E-state index in [4.69, 9.17) is 9.26 Å². The number of carbonyl (C=O) groups excluding carboxylic acids is 2. The lowest BCUT2D eigenvalue weighted by atomic mass is 9.94. The fourth-order valence-electron chi connectivity index (χ4n) is 6.28. The number of nitrogens with zero attached hydrogens (tertiary/aromatic N) is 7. The molecule has 1 aromatic carbocycles. The van der Waals surface area contributed by atoms with Crippen LogP contribution < -0.4 is 15.1 Å². The molecule has 0 bridgehead atoms. The highest BCUT2D eigenvalue weighted by Gasteiger charge is 2.41. The second-order valence-electron chi connectivity index (χ2n) is 13.7. The molecular formula is C32H38F4N8O4. The van der Waals surface area contributed by atoms with Crippen LogP contribution in [0.4, 0.5) is 34.3 Å². The molecule has 16 heteroatoms. The van der Waals surface area contributed by atoms with Crippen molar-refractivity contribution in [2.24, 2.45) is 0 Å². The van der Waals surface area contributed by atoms with Gasteiger partial charge in [-0.1, -0.05) is 0 Å². The molecule has 6 rings (SSSR count). The molecule has 3 aliphatic rings. The number of amides is 2. The highest BCUT2D eigenvalue weighted by atomic mass is 19.3. The molecule has 0 spiro atoms. The number of hydrogen-bond donors (Lipinski definition) is 1. The van der Waals surface area contributed by atoms with Crippen LogP contribution in [0.5, 0.6) is 0 Å². The van der Waals surface area contributed by atoms with Crippen LogP contribution in [-0.2, 0) is 10.7 Å². The Labute approximate surface area is 274 Å². The summed E-state index contributed by atoms with van der Waals surface area (Å²) in [5.74, 6) is -5.64. The monoisotopic (exact) mass is 674 g/mol. The molecule has 48 heavy (non-hydrogen) atoms. The Hall–Kier alpha value is -4.50. The van der Waals surface area contributed by atoms with E-state index in [2.05, 4.69) is 25.4 Å². The molecule has 2 saturated heterocycles. The molecule has 1 saturated carbocycles. The van der Waals surface area contributed by atoms with Gasteiger partial charge in [-0.2, -0.15) is 13.8 Å². The summed E-state index contributed by atoms with van der Waals surface area (Å²) in [6.45, 7) is 7.18. The summed E-state index contributed by atoms with van der Waals surface area (Å²) in [5.41, 5.74) is -0.345. The number of aromatic nitrogens is 4. The van der Waals surface area contributed by atoms with Crippen molar-refractivity contribution < 1.29 is 36.4 Å². The van der Waals surface area contributed by atoms with Crippen molar-refractivity contribution in [3.63, 3.8) is 0 Å². The molecule has 1 N–H and O–H groups in total. The SMILES string of the molecule is CC(C)(C)OC(=O)NC1CN(c2ncc(C(=O)N(C3CC3)C3CCN(c4noc(C(C)(F)F)n4)CC3)cn2)CC1c1cc(F)ccc1F. The van der Waals surface area contributed by atoms with Crippen LogP contribution in [0, 0.1) is 11.6 Å². The fourth-order valence-corrected chi connectivity index (χ4v) is 6.28. The highest BCUT2D eigenvalue weighted by molar-refractivity contribution is 5.94. The molecule has 3 fully saturated rings. The molecule has 258 valence electrons. The van der Waals surface area contributed by atoms with Gasteiger partial charge in [0.2, 0.25) is 5.95 Å².